The Balaban J connectivity index is 1.85. The average Bonchev–Trinajstić information content (AvgIpc) is 3.10. The van der Waals surface area contributed by atoms with Gasteiger partial charge in [0.25, 0.3) is 0 Å². The monoisotopic (exact) mass is 295 g/mol. The number of aromatic amines is 1. The van der Waals surface area contributed by atoms with Crippen LogP contribution in [0, 0.1) is 5.82 Å². The van der Waals surface area contributed by atoms with Gasteiger partial charge in [0.15, 0.2) is 0 Å². The molecule has 0 saturated carbocycles. The molecular weight excluding hydrogens is 281 g/mol. The molecule has 1 aliphatic heterocycles. The molecule has 1 fully saturated rings. The van der Waals surface area contributed by atoms with Gasteiger partial charge in [-0.3, -0.25) is 5.10 Å². The first-order chi connectivity index (χ1) is 9.59. The van der Waals surface area contributed by atoms with Gasteiger partial charge in [0.05, 0.1) is 0 Å². The van der Waals surface area contributed by atoms with E-state index < -0.39 is 15.8 Å². The number of sulfonamides is 1. The van der Waals surface area contributed by atoms with E-state index >= 15 is 0 Å². The van der Waals surface area contributed by atoms with Crippen LogP contribution < -0.4 is 0 Å². The van der Waals surface area contributed by atoms with Crippen LogP contribution in [0.25, 0.3) is 0 Å². The molecule has 1 aliphatic rings. The molecular formula is C13H14FN3O2S. The van der Waals surface area contributed by atoms with Crippen LogP contribution in [0.5, 0.6) is 0 Å². The molecule has 1 N–H and O–H groups in total. The number of benzene rings is 1. The molecule has 3 rings (SSSR count). The fourth-order valence-electron chi connectivity index (χ4n) is 2.49. The predicted molar refractivity (Wildman–Crippen MR) is 71.1 cm³/mol. The van der Waals surface area contributed by atoms with Crippen LogP contribution in [-0.2, 0) is 10.0 Å². The van der Waals surface area contributed by atoms with Gasteiger partial charge in [-0.15, -0.1) is 0 Å². The van der Waals surface area contributed by atoms with Gasteiger partial charge < -0.3 is 0 Å². The van der Waals surface area contributed by atoms with Gasteiger partial charge in [-0.2, -0.15) is 9.40 Å². The van der Waals surface area contributed by atoms with E-state index in [0.717, 1.165) is 11.8 Å². The maximum Gasteiger partial charge on any atom is 0.246 e. The summed E-state index contributed by atoms with van der Waals surface area (Å²) < 4.78 is 39.9. The van der Waals surface area contributed by atoms with Gasteiger partial charge in [-0.25, -0.2) is 12.8 Å². The molecule has 1 saturated heterocycles. The van der Waals surface area contributed by atoms with Gasteiger partial charge in [-0.05, 0) is 24.6 Å². The van der Waals surface area contributed by atoms with Crippen LogP contribution in [0.4, 0.5) is 4.39 Å². The molecule has 1 aromatic carbocycles. The second-order valence-electron chi connectivity index (χ2n) is 4.79. The van der Waals surface area contributed by atoms with E-state index in [1.807, 2.05) is 6.07 Å². The Morgan fingerprint density at radius 3 is 2.80 bits per heavy atom. The van der Waals surface area contributed by atoms with Crippen molar-refractivity contribution in [2.24, 2.45) is 0 Å². The Morgan fingerprint density at radius 1 is 1.30 bits per heavy atom. The second kappa shape index (κ2) is 4.99. The summed E-state index contributed by atoms with van der Waals surface area (Å²) in [6.45, 7) is 0.735. The highest BCUT2D eigenvalue weighted by atomic mass is 32.2. The summed E-state index contributed by atoms with van der Waals surface area (Å²) in [6, 6.07) is 7.30. The minimum absolute atomic E-state index is 0.0825. The van der Waals surface area contributed by atoms with Gasteiger partial charge in [-0.1, -0.05) is 12.1 Å². The van der Waals surface area contributed by atoms with Crippen molar-refractivity contribution in [2.75, 3.05) is 13.1 Å². The van der Waals surface area contributed by atoms with E-state index in [0.29, 0.717) is 19.5 Å². The molecule has 5 nitrogen and oxygen atoms in total. The molecule has 1 aromatic heterocycles. The number of halogens is 1. The molecule has 106 valence electrons. The van der Waals surface area contributed by atoms with Crippen molar-refractivity contribution in [1.29, 1.82) is 0 Å². The van der Waals surface area contributed by atoms with E-state index in [1.165, 1.54) is 22.5 Å². The molecule has 20 heavy (non-hydrogen) atoms. The van der Waals surface area contributed by atoms with E-state index in [-0.39, 0.29) is 10.8 Å². The number of nitrogens with zero attached hydrogens (tertiary/aromatic N) is 2. The maximum absolute atomic E-state index is 13.7. The number of nitrogens with one attached hydrogen (secondary N) is 1. The highest BCUT2D eigenvalue weighted by Crippen LogP contribution is 2.30. The summed E-state index contributed by atoms with van der Waals surface area (Å²) in [6.07, 6.45) is 2.35. The van der Waals surface area contributed by atoms with Gasteiger partial charge in [0, 0.05) is 30.9 Å². The quantitative estimate of drug-likeness (QED) is 0.937. The smallest absolute Gasteiger partial charge is 0.246 e. The summed E-state index contributed by atoms with van der Waals surface area (Å²) in [4.78, 5) is -0.259. The van der Waals surface area contributed by atoms with Crippen LogP contribution in [0.15, 0.2) is 41.4 Å². The lowest BCUT2D eigenvalue weighted by Gasteiger charge is -2.16. The normalized spacial score (nSPS) is 20.4. The van der Waals surface area contributed by atoms with Crippen molar-refractivity contribution in [3.05, 3.63) is 48.0 Å². The lowest BCUT2D eigenvalue weighted by Crippen LogP contribution is -2.29. The van der Waals surface area contributed by atoms with Crippen LogP contribution in [-0.4, -0.2) is 36.0 Å². The van der Waals surface area contributed by atoms with Crippen LogP contribution >= 0.6 is 0 Å². The molecule has 0 spiro atoms. The van der Waals surface area contributed by atoms with Crippen molar-refractivity contribution in [2.45, 2.75) is 17.2 Å². The predicted octanol–water partition coefficient (Wildman–Crippen LogP) is 1.73. The van der Waals surface area contributed by atoms with Crippen molar-refractivity contribution in [3.63, 3.8) is 0 Å². The minimum Gasteiger partial charge on any atom is -0.282 e. The molecule has 2 heterocycles. The van der Waals surface area contributed by atoms with E-state index in [2.05, 4.69) is 10.2 Å². The Kier molecular flexibility index (Phi) is 3.31. The van der Waals surface area contributed by atoms with Crippen LogP contribution in [0.3, 0.4) is 0 Å². The Hall–Kier alpha value is -1.73. The third kappa shape index (κ3) is 2.23. The summed E-state index contributed by atoms with van der Waals surface area (Å²) in [5, 5.41) is 6.73. The molecule has 0 bridgehead atoms. The third-order valence-electron chi connectivity index (χ3n) is 3.57. The number of H-pyrrole nitrogens is 1. The second-order valence-corrected chi connectivity index (χ2v) is 6.70. The van der Waals surface area contributed by atoms with Crippen molar-refractivity contribution < 1.29 is 12.8 Å². The zero-order valence-electron chi connectivity index (χ0n) is 10.7. The van der Waals surface area contributed by atoms with E-state index in [4.69, 9.17) is 0 Å². The fourth-order valence-corrected chi connectivity index (χ4v) is 4.05. The summed E-state index contributed by atoms with van der Waals surface area (Å²) in [5.41, 5.74) is 0.913. The Labute approximate surface area is 116 Å². The average molecular weight is 295 g/mol. The number of rotatable bonds is 3. The largest absolute Gasteiger partial charge is 0.282 e. The lowest BCUT2D eigenvalue weighted by atomic mass is 10.1. The SMILES string of the molecule is O=S(=O)(c1ccccc1F)N1CCC(c2ccn[nH]2)C1. The molecule has 0 amide bonds. The number of hydrogen-bond acceptors (Lipinski definition) is 3. The minimum atomic E-state index is -3.77. The van der Waals surface area contributed by atoms with Gasteiger partial charge >= 0.3 is 0 Å². The summed E-state index contributed by atoms with van der Waals surface area (Å²) in [7, 11) is -3.77. The van der Waals surface area contributed by atoms with Crippen molar-refractivity contribution in [1.82, 2.24) is 14.5 Å². The highest BCUT2D eigenvalue weighted by molar-refractivity contribution is 7.89. The van der Waals surface area contributed by atoms with Gasteiger partial charge in [0.1, 0.15) is 10.7 Å². The number of aromatic nitrogens is 2. The molecule has 0 aliphatic carbocycles. The zero-order chi connectivity index (χ0) is 14.2. The first kappa shape index (κ1) is 13.3. The molecule has 1 unspecified atom stereocenters. The lowest BCUT2D eigenvalue weighted by molar-refractivity contribution is 0.465. The van der Waals surface area contributed by atoms with Crippen molar-refractivity contribution in [3.8, 4) is 0 Å². The van der Waals surface area contributed by atoms with E-state index in [9.17, 15) is 12.8 Å². The standard InChI is InChI=1S/C13H14FN3O2S/c14-11-3-1-2-4-13(11)20(18,19)17-8-6-10(9-17)12-5-7-15-16-12/h1-5,7,10H,6,8-9H2,(H,15,16). The summed E-state index contributed by atoms with van der Waals surface area (Å²) >= 11 is 0. The molecule has 7 heteroatoms. The summed E-state index contributed by atoms with van der Waals surface area (Å²) in [5.74, 6) is -0.628. The maximum atomic E-state index is 13.7. The fraction of sp³-hybridized carbons (Fsp3) is 0.308. The third-order valence-corrected chi connectivity index (χ3v) is 5.47. The first-order valence-electron chi connectivity index (χ1n) is 6.33. The first-order valence-corrected chi connectivity index (χ1v) is 7.77. The Bertz CT molecular complexity index is 700. The van der Waals surface area contributed by atoms with Crippen molar-refractivity contribution >= 4 is 10.0 Å². The highest BCUT2D eigenvalue weighted by Gasteiger charge is 2.34. The van der Waals surface area contributed by atoms with Gasteiger partial charge in [0.2, 0.25) is 10.0 Å². The van der Waals surface area contributed by atoms with Crippen LogP contribution in [0.1, 0.15) is 18.0 Å². The molecule has 0 radical (unpaired) electrons. The Morgan fingerprint density at radius 2 is 2.10 bits per heavy atom. The number of hydrogen-bond donors (Lipinski definition) is 1. The molecule has 1 atom stereocenters. The van der Waals surface area contributed by atoms with E-state index in [1.54, 1.807) is 6.20 Å². The van der Waals surface area contributed by atoms with Crippen LogP contribution in [0.2, 0.25) is 0 Å². The topological polar surface area (TPSA) is 66.1 Å². The molecule has 2 aromatic rings. The zero-order valence-corrected chi connectivity index (χ0v) is 11.5.